The fourth-order valence-electron chi connectivity index (χ4n) is 1.69. The SMILES string of the molecule is CNCc1cc(S(=O)(=O)Nc2cccc(Br)c2C)cs1. The van der Waals surface area contributed by atoms with Gasteiger partial charge >= 0.3 is 0 Å². The van der Waals surface area contributed by atoms with Crippen molar-refractivity contribution < 1.29 is 8.42 Å². The smallest absolute Gasteiger partial charge is 0.262 e. The Kier molecular flexibility index (Phi) is 4.85. The number of sulfonamides is 1. The molecule has 0 unspecified atom stereocenters. The molecule has 7 heteroatoms. The molecule has 1 aromatic carbocycles. The first-order valence-electron chi connectivity index (χ1n) is 5.94. The molecule has 0 amide bonds. The number of halogens is 1. The molecule has 2 rings (SSSR count). The minimum atomic E-state index is -3.54. The summed E-state index contributed by atoms with van der Waals surface area (Å²) in [6.07, 6.45) is 0. The first kappa shape index (κ1) is 15.5. The molecule has 2 aromatic rings. The Labute approximate surface area is 131 Å². The van der Waals surface area contributed by atoms with Crippen LogP contribution < -0.4 is 10.0 Å². The van der Waals surface area contributed by atoms with Gasteiger partial charge in [0.15, 0.2) is 0 Å². The van der Waals surface area contributed by atoms with Crippen molar-refractivity contribution in [2.45, 2.75) is 18.4 Å². The van der Waals surface area contributed by atoms with Gasteiger partial charge in [-0.3, -0.25) is 4.72 Å². The summed E-state index contributed by atoms with van der Waals surface area (Å²) >= 11 is 4.82. The van der Waals surface area contributed by atoms with E-state index in [1.54, 1.807) is 23.6 Å². The molecule has 0 atom stereocenters. The summed E-state index contributed by atoms with van der Waals surface area (Å²) < 4.78 is 28.2. The standard InChI is InChI=1S/C13H15BrN2O2S2/c1-9-12(14)4-3-5-13(9)16-20(17,18)11-6-10(7-15-2)19-8-11/h3-6,8,15-16H,7H2,1-2H3. The number of anilines is 1. The van der Waals surface area contributed by atoms with Gasteiger partial charge in [0.05, 0.1) is 10.6 Å². The lowest BCUT2D eigenvalue weighted by molar-refractivity contribution is 0.601. The minimum Gasteiger partial charge on any atom is -0.315 e. The third kappa shape index (κ3) is 3.41. The number of nitrogens with one attached hydrogen (secondary N) is 2. The molecule has 0 bridgehead atoms. The molecule has 0 aliphatic rings. The van der Waals surface area contributed by atoms with E-state index in [9.17, 15) is 8.42 Å². The highest BCUT2D eigenvalue weighted by atomic mass is 79.9. The van der Waals surface area contributed by atoms with Crippen molar-refractivity contribution in [2.24, 2.45) is 0 Å². The van der Waals surface area contributed by atoms with E-state index >= 15 is 0 Å². The van der Waals surface area contributed by atoms with Gasteiger partial charge in [0, 0.05) is 21.3 Å². The van der Waals surface area contributed by atoms with E-state index in [0.29, 0.717) is 17.1 Å². The van der Waals surface area contributed by atoms with Crippen LogP contribution in [0.25, 0.3) is 0 Å². The van der Waals surface area contributed by atoms with E-state index in [0.717, 1.165) is 14.9 Å². The van der Waals surface area contributed by atoms with Crippen LogP contribution in [0.2, 0.25) is 0 Å². The predicted molar refractivity (Wildman–Crippen MR) is 86.8 cm³/mol. The van der Waals surface area contributed by atoms with Gasteiger partial charge in [-0.25, -0.2) is 8.42 Å². The Balaban J connectivity index is 2.28. The Morgan fingerprint density at radius 3 is 2.80 bits per heavy atom. The van der Waals surface area contributed by atoms with Crippen LogP contribution in [-0.2, 0) is 16.6 Å². The van der Waals surface area contributed by atoms with Crippen LogP contribution in [0.1, 0.15) is 10.4 Å². The van der Waals surface area contributed by atoms with E-state index < -0.39 is 10.0 Å². The molecule has 0 saturated heterocycles. The van der Waals surface area contributed by atoms with Crippen molar-refractivity contribution in [1.82, 2.24) is 5.32 Å². The number of rotatable bonds is 5. The fraction of sp³-hybridized carbons (Fsp3) is 0.231. The maximum absolute atomic E-state index is 12.3. The molecule has 0 aliphatic carbocycles. The molecule has 0 aliphatic heterocycles. The molecule has 2 N–H and O–H groups in total. The van der Waals surface area contributed by atoms with Crippen molar-refractivity contribution in [3.8, 4) is 0 Å². The van der Waals surface area contributed by atoms with Crippen LogP contribution in [0.3, 0.4) is 0 Å². The third-order valence-electron chi connectivity index (χ3n) is 2.80. The Morgan fingerprint density at radius 2 is 2.10 bits per heavy atom. The highest BCUT2D eigenvalue weighted by Crippen LogP contribution is 2.27. The second-order valence-electron chi connectivity index (χ2n) is 4.30. The van der Waals surface area contributed by atoms with Gasteiger partial charge < -0.3 is 5.32 Å². The van der Waals surface area contributed by atoms with Gasteiger partial charge in [-0.05, 0) is 37.7 Å². The molecule has 108 valence electrons. The van der Waals surface area contributed by atoms with Crippen molar-refractivity contribution in [3.05, 3.63) is 44.6 Å². The fourth-order valence-corrected chi connectivity index (χ4v) is 4.47. The largest absolute Gasteiger partial charge is 0.315 e. The number of hydrogen-bond acceptors (Lipinski definition) is 4. The number of thiophene rings is 1. The Bertz CT molecular complexity index is 711. The second kappa shape index (κ2) is 6.26. The number of hydrogen-bond donors (Lipinski definition) is 2. The summed E-state index contributed by atoms with van der Waals surface area (Å²) in [4.78, 5) is 1.28. The highest BCUT2D eigenvalue weighted by molar-refractivity contribution is 9.10. The van der Waals surface area contributed by atoms with Crippen LogP contribution >= 0.6 is 27.3 Å². The van der Waals surface area contributed by atoms with Crippen molar-refractivity contribution in [3.63, 3.8) is 0 Å². The lowest BCUT2D eigenvalue weighted by Crippen LogP contribution is -2.13. The average Bonchev–Trinajstić information content (AvgIpc) is 2.85. The van der Waals surface area contributed by atoms with Gasteiger partial charge in [-0.2, -0.15) is 0 Å². The van der Waals surface area contributed by atoms with Crippen molar-refractivity contribution in [2.75, 3.05) is 11.8 Å². The summed E-state index contributed by atoms with van der Waals surface area (Å²) in [5.41, 5.74) is 1.45. The average molecular weight is 375 g/mol. The Hall–Kier alpha value is -0.890. The molecule has 0 saturated carbocycles. The molecule has 0 spiro atoms. The Morgan fingerprint density at radius 1 is 1.35 bits per heavy atom. The summed E-state index contributed by atoms with van der Waals surface area (Å²) in [6.45, 7) is 2.53. The first-order valence-corrected chi connectivity index (χ1v) is 9.09. The van der Waals surface area contributed by atoms with Gasteiger partial charge in [0.25, 0.3) is 10.0 Å². The molecular weight excluding hydrogens is 360 g/mol. The van der Waals surface area contributed by atoms with Crippen LogP contribution in [0.15, 0.2) is 39.0 Å². The van der Waals surface area contributed by atoms with Crippen LogP contribution in [0.5, 0.6) is 0 Å². The summed E-state index contributed by atoms with van der Waals surface area (Å²) in [6, 6.07) is 7.12. The molecule has 1 heterocycles. The van der Waals surface area contributed by atoms with E-state index in [1.807, 2.05) is 20.0 Å². The van der Waals surface area contributed by atoms with Crippen LogP contribution in [-0.4, -0.2) is 15.5 Å². The lowest BCUT2D eigenvalue weighted by atomic mass is 10.2. The first-order chi connectivity index (χ1) is 9.44. The topological polar surface area (TPSA) is 58.2 Å². The summed E-state index contributed by atoms with van der Waals surface area (Å²) in [5.74, 6) is 0. The highest BCUT2D eigenvalue weighted by Gasteiger charge is 2.17. The number of benzene rings is 1. The zero-order valence-electron chi connectivity index (χ0n) is 11.1. The van der Waals surface area contributed by atoms with E-state index in [2.05, 4.69) is 26.0 Å². The predicted octanol–water partition coefficient (Wildman–Crippen LogP) is 3.34. The van der Waals surface area contributed by atoms with E-state index in [-0.39, 0.29) is 0 Å². The maximum Gasteiger partial charge on any atom is 0.262 e. The monoisotopic (exact) mass is 374 g/mol. The molecule has 0 fully saturated rings. The second-order valence-corrected chi connectivity index (χ2v) is 7.83. The van der Waals surface area contributed by atoms with Crippen LogP contribution in [0, 0.1) is 6.92 Å². The third-order valence-corrected chi connectivity index (χ3v) is 6.09. The lowest BCUT2D eigenvalue weighted by Gasteiger charge is -2.10. The van der Waals surface area contributed by atoms with Crippen molar-refractivity contribution >= 4 is 43.0 Å². The van der Waals surface area contributed by atoms with E-state index in [1.165, 1.54) is 11.3 Å². The molecule has 0 radical (unpaired) electrons. The van der Waals surface area contributed by atoms with E-state index in [4.69, 9.17) is 0 Å². The summed E-state index contributed by atoms with van der Waals surface area (Å²) in [5, 5.41) is 4.66. The summed E-state index contributed by atoms with van der Waals surface area (Å²) in [7, 11) is -1.71. The van der Waals surface area contributed by atoms with Gasteiger partial charge in [0.2, 0.25) is 0 Å². The van der Waals surface area contributed by atoms with Crippen LogP contribution in [0.4, 0.5) is 5.69 Å². The normalized spacial score (nSPS) is 11.6. The maximum atomic E-state index is 12.3. The molecule has 4 nitrogen and oxygen atoms in total. The van der Waals surface area contributed by atoms with Gasteiger partial charge in [-0.15, -0.1) is 11.3 Å². The minimum absolute atomic E-state index is 0.298. The zero-order valence-corrected chi connectivity index (χ0v) is 14.3. The van der Waals surface area contributed by atoms with Gasteiger partial charge in [-0.1, -0.05) is 22.0 Å². The molecule has 20 heavy (non-hydrogen) atoms. The molecular formula is C13H15BrN2O2S2. The van der Waals surface area contributed by atoms with Crippen molar-refractivity contribution in [1.29, 1.82) is 0 Å². The molecule has 1 aromatic heterocycles. The van der Waals surface area contributed by atoms with Gasteiger partial charge in [0.1, 0.15) is 0 Å². The quantitative estimate of drug-likeness (QED) is 0.843. The zero-order chi connectivity index (χ0) is 14.8.